The van der Waals surface area contributed by atoms with Crippen LogP contribution in [0.1, 0.15) is 0 Å². The van der Waals surface area contributed by atoms with Crippen LogP contribution < -0.4 is 0 Å². The molecule has 0 atom stereocenters. The van der Waals surface area contributed by atoms with Gasteiger partial charge in [0.05, 0.1) is 0 Å². The van der Waals surface area contributed by atoms with Crippen molar-refractivity contribution in [3.8, 4) is 44.5 Å². The first kappa shape index (κ1) is 28.9. The highest BCUT2D eigenvalue weighted by molar-refractivity contribution is 6.23. The molecule has 0 unspecified atom stereocenters. The van der Waals surface area contributed by atoms with Gasteiger partial charge in [0.25, 0.3) is 0 Å². The molecule has 242 valence electrons. The first-order valence-electron chi connectivity index (χ1n) is 17.8. The summed E-state index contributed by atoms with van der Waals surface area (Å²) in [5.41, 5.74) is 12.9. The molecule has 0 radical (unpaired) electrons. The average molecular weight is 663 g/mol. The van der Waals surface area contributed by atoms with E-state index in [-0.39, 0.29) is 0 Å². The van der Waals surface area contributed by atoms with E-state index in [4.69, 9.17) is 8.83 Å². The standard InChI is InChI=1S/C50H30O2/c1-2-19-37(34(16-1)42-25-13-27-44-36-18-8-10-29-46(36)52-50(42)44)48-40-22-5-3-20-38(40)47(39-21-4-6-23-41(39)48)32-15-11-14-31(30-32)33-24-12-26-43-35-17-7-9-28-45(35)51-49(33)43/h1-30H. The summed E-state index contributed by atoms with van der Waals surface area (Å²) in [5, 5.41) is 9.40. The van der Waals surface area contributed by atoms with E-state index in [0.717, 1.165) is 66.1 Å². The van der Waals surface area contributed by atoms with Crippen LogP contribution in [0.3, 0.4) is 0 Å². The predicted molar refractivity (Wildman–Crippen MR) is 218 cm³/mol. The number of furan rings is 2. The van der Waals surface area contributed by atoms with Crippen LogP contribution in [0.4, 0.5) is 0 Å². The van der Waals surface area contributed by atoms with E-state index in [2.05, 4.69) is 164 Å². The Morgan fingerprint density at radius 2 is 0.654 bits per heavy atom. The van der Waals surface area contributed by atoms with Crippen molar-refractivity contribution >= 4 is 65.4 Å². The van der Waals surface area contributed by atoms with E-state index < -0.39 is 0 Å². The molecule has 2 nitrogen and oxygen atoms in total. The van der Waals surface area contributed by atoms with Crippen molar-refractivity contribution in [3.05, 3.63) is 182 Å². The van der Waals surface area contributed by atoms with Gasteiger partial charge in [0.1, 0.15) is 22.3 Å². The molecule has 0 spiro atoms. The molecular weight excluding hydrogens is 633 g/mol. The first-order valence-corrected chi connectivity index (χ1v) is 17.8. The summed E-state index contributed by atoms with van der Waals surface area (Å²) < 4.78 is 13.0. The number of rotatable bonds is 4. The number of hydrogen-bond donors (Lipinski definition) is 0. The van der Waals surface area contributed by atoms with Gasteiger partial charge in [-0.2, -0.15) is 0 Å². The second-order valence-electron chi connectivity index (χ2n) is 13.5. The zero-order valence-electron chi connectivity index (χ0n) is 28.1. The monoisotopic (exact) mass is 662 g/mol. The summed E-state index contributed by atoms with van der Waals surface area (Å²) >= 11 is 0. The van der Waals surface area contributed by atoms with Gasteiger partial charge in [0.15, 0.2) is 0 Å². The van der Waals surface area contributed by atoms with E-state index in [1.54, 1.807) is 0 Å². The van der Waals surface area contributed by atoms with Gasteiger partial charge >= 0.3 is 0 Å². The Bertz CT molecular complexity index is 3140. The summed E-state index contributed by atoms with van der Waals surface area (Å²) in [6.07, 6.45) is 0. The smallest absolute Gasteiger partial charge is 0.143 e. The normalized spacial score (nSPS) is 11.8. The molecule has 0 N–H and O–H groups in total. The van der Waals surface area contributed by atoms with Crippen molar-refractivity contribution in [1.82, 2.24) is 0 Å². The summed E-state index contributed by atoms with van der Waals surface area (Å²) in [7, 11) is 0. The molecular formula is C50H30O2. The van der Waals surface area contributed by atoms with E-state index in [1.807, 2.05) is 18.2 Å². The zero-order chi connectivity index (χ0) is 34.2. The molecule has 11 aromatic rings. The average Bonchev–Trinajstić information content (AvgIpc) is 3.79. The maximum Gasteiger partial charge on any atom is 0.143 e. The number of fused-ring (bicyclic) bond motifs is 8. The molecule has 9 aromatic carbocycles. The quantitative estimate of drug-likeness (QED) is 0.175. The van der Waals surface area contributed by atoms with E-state index in [1.165, 1.54) is 43.8 Å². The summed E-state index contributed by atoms with van der Waals surface area (Å²) in [6, 6.07) is 65.0. The Morgan fingerprint density at radius 1 is 0.250 bits per heavy atom. The second kappa shape index (κ2) is 11.3. The Kier molecular flexibility index (Phi) is 6.28. The molecule has 0 saturated carbocycles. The molecule has 11 rings (SSSR count). The Morgan fingerprint density at radius 3 is 1.27 bits per heavy atom. The molecule has 0 saturated heterocycles. The largest absolute Gasteiger partial charge is 0.455 e. The highest BCUT2D eigenvalue weighted by Crippen LogP contribution is 2.48. The Hall–Kier alpha value is -6.90. The maximum atomic E-state index is 6.57. The minimum atomic E-state index is 0.904. The molecule has 0 bridgehead atoms. The third kappa shape index (κ3) is 4.25. The van der Waals surface area contributed by atoms with Gasteiger partial charge in [-0.25, -0.2) is 0 Å². The van der Waals surface area contributed by atoms with Crippen LogP contribution in [-0.2, 0) is 0 Å². The Labute approximate surface area is 299 Å². The van der Waals surface area contributed by atoms with Gasteiger partial charge in [-0.15, -0.1) is 0 Å². The predicted octanol–water partition coefficient (Wildman–Crippen LogP) is 14.5. The Balaban J connectivity index is 1.16. The lowest BCUT2D eigenvalue weighted by atomic mass is 9.83. The number of para-hydroxylation sites is 4. The topological polar surface area (TPSA) is 26.3 Å². The van der Waals surface area contributed by atoms with E-state index in [9.17, 15) is 0 Å². The summed E-state index contributed by atoms with van der Waals surface area (Å²) in [4.78, 5) is 0. The zero-order valence-corrected chi connectivity index (χ0v) is 28.1. The lowest BCUT2D eigenvalue weighted by Gasteiger charge is -2.20. The molecule has 52 heavy (non-hydrogen) atoms. The SMILES string of the molecule is c1cc(-c2c3ccccc3c(-c3ccccc3-c3cccc4c3oc3ccccc34)c3ccccc23)cc(-c2cccc3c2oc2ccccc23)c1. The van der Waals surface area contributed by atoms with Crippen molar-refractivity contribution in [1.29, 1.82) is 0 Å². The maximum absolute atomic E-state index is 6.57. The van der Waals surface area contributed by atoms with Gasteiger partial charge in [-0.1, -0.05) is 164 Å². The van der Waals surface area contributed by atoms with Crippen molar-refractivity contribution in [3.63, 3.8) is 0 Å². The lowest BCUT2D eigenvalue weighted by Crippen LogP contribution is -1.93. The van der Waals surface area contributed by atoms with Crippen LogP contribution >= 0.6 is 0 Å². The molecule has 0 aliphatic heterocycles. The molecule has 0 aliphatic carbocycles. The van der Waals surface area contributed by atoms with Gasteiger partial charge in [-0.3, -0.25) is 0 Å². The van der Waals surface area contributed by atoms with Crippen LogP contribution in [0.2, 0.25) is 0 Å². The lowest BCUT2D eigenvalue weighted by molar-refractivity contribution is 0.669. The van der Waals surface area contributed by atoms with Gasteiger partial charge in [-0.05, 0) is 73.1 Å². The third-order valence-electron chi connectivity index (χ3n) is 10.7. The van der Waals surface area contributed by atoms with Crippen LogP contribution in [0.5, 0.6) is 0 Å². The minimum absolute atomic E-state index is 0.904. The fraction of sp³-hybridized carbons (Fsp3) is 0. The minimum Gasteiger partial charge on any atom is -0.455 e. The summed E-state index contributed by atoms with van der Waals surface area (Å²) in [5.74, 6) is 0. The second-order valence-corrected chi connectivity index (χ2v) is 13.5. The van der Waals surface area contributed by atoms with Gasteiger partial charge < -0.3 is 8.83 Å². The molecule has 0 aliphatic rings. The molecule has 2 heteroatoms. The summed E-state index contributed by atoms with van der Waals surface area (Å²) in [6.45, 7) is 0. The molecule has 2 heterocycles. The van der Waals surface area contributed by atoms with Crippen molar-refractivity contribution in [2.75, 3.05) is 0 Å². The highest BCUT2D eigenvalue weighted by atomic mass is 16.3. The van der Waals surface area contributed by atoms with Crippen molar-refractivity contribution < 1.29 is 8.83 Å². The van der Waals surface area contributed by atoms with Crippen LogP contribution in [0.25, 0.3) is 110 Å². The van der Waals surface area contributed by atoms with Crippen molar-refractivity contribution in [2.24, 2.45) is 0 Å². The number of hydrogen-bond acceptors (Lipinski definition) is 2. The van der Waals surface area contributed by atoms with Gasteiger partial charge in [0, 0.05) is 32.7 Å². The van der Waals surface area contributed by atoms with Crippen molar-refractivity contribution in [2.45, 2.75) is 0 Å². The first-order chi connectivity index (χ1) is 25.8. The number of benzene rings is 9. The van der Waals surface area contributed by atoms with E-state index >= 15 is 0 Å². The van der Waals surface area contributed by atoms with Gasteiger partial charge in [0.2, 0.25) is 0 Å². The third-order valence-corrected chi connectivity index (χ3v) is 10.7. The fourth-order valence-corrected chi connectivity index (χ4v) is 8.44. The highest BCUT2D eigenvalue weighted by Gasteiger charge is 2.21. The molecule has 0 amide bonds. The fourth-order valence-electron chi connectivity index (χ4n) is 8.44. The van der Waals surface area contributed by atoms with E-state index in [0.29, 0.717) is 0 Å². The molecule has 0 fully saturated rings. The molecule has 2 aromatic heterocycles. The van der Waals surface area contributed by atoms with Crippen LogP contribution in [0.15, 0.2) is 191 Å². The van der Waals surface area contributed by atoms with Crippen LogP contribution in [-0.4, -0.2) is 0 Å². The van der Waals surface area contributed by atoms with Crippen LogP contribution in [0, 0.1) is 0 Å².